The van der Waals surface area contributed by atoms with E-state index in [4.69, 9.17) is 0 Å². The fraction of sp³-hybridized carbons (Fsp3) is 0.238. The number of aromatic amines is 2. The molecule has 0 aliphatic carbocycles. The maximum absolute atomic E-state index is 12.6. The van der Waals surface area contributed by atoms with Crippen LogP contribution in [-0.4, -0.2) is 20.2 Å². The summed E-state index contributed by atoms with van der Waals surface area (Å²) in [5.41, 5.74) is 1.89. The van der Waals surface area contributed by atoms with Gasteiger partial charge in [-0.2, -0.15) is 0 Å². The summed E-state index contributed by atoms with van der Waals surface area (Å²) in [4.78, 5) is 29.6. The quantitative estimate of drug-likeness (QED) is 0.557. The summed E-state index contributed by atoms with van der Waals surface area (Å²) < 4.78 is 0. The minimum atomic E-state index is -0.577. The second kappa shape index (κ2) is 7.53. The van der Waals surface area contributed by atoms with E-state index in [0.717, 1.165) is 11.6 Å². The standard InChI is InChI=1S/C21H22N2O4/c1-12-10-16(24)20(21(27)22-12)15(9-8-14-6-4-3-5-7-14)19-13(2)23-18(26)11-17(19)25/h3-7,10-11,15H,8-9H2,1-2H3,(H2,22,24,27)(H2,23,25,26). The Bertz CT molecular complexity index is 1040. The van der Waals surface area contributed by atoms with Crippen molar-refractivity contribution in [3.05, 3.63) is 91.3 Å². The second-order valence-corrected chi connectivity index (χ2v) is 6.71. The van der Waals surface area contributed by atoms with E-state index in [-0.39, 0.29) is 17.1 Å². The monoisotopic (exact) mass is 366 g/mol. The van der Waals surface area contributed by atoms with Crippen LogP contribution in [0.5, 0.6) is 11.5 Å². The van der Waals surface area contributed by atoms with E-state index in [9.17, 15) is 19.8 Å². The van der Waals surface area contributed by atoms with Gasteiger partial charge in [-0.05, 0) is 38.3 Å². The van der Waals surface area contributed by atoms with E-state index < -0.39 is 17.0 Å². The molecule has 0 aliphatic heterocycles. The summed E-state index contributed by atoms with van der Waals surface area (Å²) in [6.07, 6.45) is 1.11. The van der Waals surface area contributed by atoms with Crippen LogP contribution in [0.3, 0.4) is 0 Å². The zero-order chi connectivity index (χ0) is 19.6. The van der Waals surface area contributed by atoms with Crippen molar-refractivity contribution in [3.63, 3.8) is 0 Å². The Morgan fingerprint density at radius 1 is 0.926 bits per heavy atom. The van der Waals surface area contributed by atoms with E-state index in [2.05, 4.69) is 9.97 Å². The van der Waals surface area contributed by atoms with Crippen molar-refractivity contribution in [2.45, 2.75) is 32.6 Å². The molecule has 1 unspecified atom stereocenters. The molecule has 27 heavy (non-hydrogen) atoms. The molecule has 0 aliphatic rings. The lowest BCUT2D eigenvalue weighted by Crippen LogP contribution is -2.21. The molecule has 1 aromatic carbocycles. The maximum Gasteiger partial charge on any atom is 0.255 e. The van der Waals surface area contributed by atoms with Crippen LogP contribution in [0.4, 0.5) is 0 Å². The van der Waals surface area contributed by atoms with Gasteiger partial charge in [0.15, 0.2) is 0 Å². The van der Waals surface area contributed by atoms with E-state index in [0.29, 0.717) is 29.8 Å². The van der Waals surface area contributed by atoms with Crippen molar-refractivity contribution in [1.29, 1.82) is 0 Å². The Hall–Kier alpha value is -3.28. The van der Waals surface area contributed by atoms with Gasteiger partial charge in [-0.15, -0.1) is 0 Å². The Kier molecular flexibility index (Phi) is 5.16. The normalized spacial score (nSPS) is 12.1. The average molecular weight is 366 g/mol. The topological polar surface area (TPSA) is 106 Å². The van der Waals surface area contributed by atoms with Gasteiger partial charge in [0, 0.05) is 28.9 Å². The number of rotatable bonds is 5. The number of aryl methyl sites for hydroxylation is 3. The highest BCUT2D eigenvalue weighted by molar-refractivity contribution is 5.47. The van der Waals surface area contributed by atoms with Crippen LogP contribution >= 0.6 is 0 Å². The van der Waals surface area contributed by atoms with Crippen LogP contribution in [0.1, 0.15) is 40.4 Å². The van der Waals surface area contributed by atoms with Gasteiger partial charge in [0.2, 0.25) is 0 Å². The van der Waals surface area contributed by atoms with Crippen LogP contribution < -0.4 is 11.1 Å². The molecule has 4 N–H and O–H groups in total. The highest BCUT2D eigenvalue weighted by Crippen LogP contribution is 2.37. The lowest BCUT2D eigenvalue weighted by molar-refractivity contribution is 0.446. The Morgan fingerprint density at radius 3 is 2.22 bits per heavy atom. The maximum atomic E-state index is 12.6. The molecule has 3 rings (SSSR count). The van der Waals surface area contributed by atoms with Crippen LogP contribution in [-0.2, 0) is 6.42 Å². The molecule has 6 nitrogen and oxygen atoms in total. The van der Waals surface area contributed by atoms with Gasteiger partial charge < -0.3 is 20.2 Å². The number of hydrogen-bond acceptors (Lipinski definition) is 4. The fourth-order valence-electron chi connectivity index (χ4n) is 3.53. The Morgan fingerprint density at radius 2 is 1.59 bits per heavy atom. The molecule has 2 heterocycles. The lowest BCUT2D eigenvalue weighted by Gasteiger charge is -2.21. The first-order valence-electron chi connectivity index (χ1n) is 8.76. The van der Waals surface area contributed by atoms with E-state index >= 15 is 0 Å². The minimum absolute atomic E-state index is 0.126. The van der Waals surface area contributed by atoms with Gasteiger partial charge in [-0.1, -0.05) is 30.3 Å². The van der Waals surface area contributed by atoms with Crippen molar-refractivity contribution in [3.8, 4) is 11.5 Å². The largest absolute Gasteiger partial charge is 0.507 e. The van der Waals surface area contributed by atoms with Crippen molar-refractivity contribution in [1.82, 2.24) is 9.97 Å². The predicted molar refractivity (Wildman–Crippen MR) is 104 cm³/mol. The highest BCUT2D eigenvalue weighted by Gasteiger charge is 2.26. The van der Waals surface area contributed by atoms with E-state index in [1.54, 1.807) is 13.8 Å². The number of aromatic hydroxyl groups is 2. The van der Waals surface area contributed by atoms with Crippen LogP contribution in [0.15, 0.2) is 52.1 Å². The first kappa shape index (κ1) is 18.5. The lowest BCUT2D eigenvalue weighted by atomic mass is 9.85. The first-order valence-corrected chi connectivity index (χ1v) is 8.76. The molecule has 6 heteroatoms. The minimum Gasteiger partial charge on any atom is -0.507 e. The van der Waals surface area contributed by atoms with Crippen LogP contribution in [0.25, 0.3) is 0 Å². The zero-order valence-electron chi connectivity index (χ0n) is 15.2. The number of hydrogen-bond donors (Lipinski definition) is 4. The third-order valence-electron chi connectivity index (χ3n) is 4.70. The molecular formula is C21H22N2O4. The molecule has 0 saturated heterocycles. The molecule has 0 spiro atoms. The third kappa shape index (κ3) is 3.95. The molecule has 2 aromatic heterocycles. The molecule has 0 fully saturated rings. The number of H-pyrrole nitrogens is 2. The SMILES string of the molecule is Cc1cc(O)c(C(CCc2ccccc2)c2c(O)cc(=O)[nH]c2C)c(=O)[nH]1. The van der Waals surface area contributed by atoms with E-state index in [1.165, 1.54) is 6.07 Å². The molecule has 0 bridgehead atoms. The van der Waals surface area contributed by atoms with Gasteiger partial charge in [-0.3, -0.25) is 9.59 Å². The number of aromatic nitrogens is 2. The summed E-state index contributed by atoms with van der Waals surface area (Å²) in [7, 11) is 0. The first-order chi connectivity index (χ1) is 12.9. The molecule has 3 aromatic rings. The molecule has 140 valence electrons. The van der Waals surface area contributed by atoms with Crippen molar-refractivity contribution in [2.24, 2.45) is 0 Å². The average Bonchev–Trinajstić information content (AvgIpc) is 2.58. The fourth-order valence-corrected chi connectivity index (χ4v) is 3.53. The Labute approximate surface area is 156 Å². The number of benzene rings is 1. The second-order valence-electron chi connectivity index (χ2n) is 6.71. The van der Waals surface area contributed by atoms with E-state index in [1.807, 2.05) is 30.3 Å². The summed E-state index contributed by atoms with van der Waals surface area (Å²) in [5.74, 6) is -0.889. The number of nitrogens with one attached hydrogen (secondary N) is 2. The van der Waals surface area contributed by atoms with Crippen LogP contribution in [0, 0.1) is 13.8 Å². The summed E-state index contributed by atoms with van der Waals surface area (Å²) in [6.45, 7) is 3.36. The van der Waals surface area contributed by atoms with Crippen molar-refractivity contribution >= 4 is 0 Å². The molecule has 0 saturated carbocycles. The molecule has 1 atom stereocenters. The summed E-state index contributed by atoms with van der Waals surface area (Å²) in [6, 6.07) is 12.3. The van der Waals surface area contributed by atoms with Crippen LogP contribution in [0.2, 0.25) is 0 Å². The van der Waals surface area contributed by atoms with Gasteiger partial charge in [0.1, 0.15) is 11.5 Å². The molecule has 0 radical (unpaired) electrons. The predicted octanol–water partition coefficient (Wildman–Crippen LogP) is 2.86. The Balaban J connectivity index is 2.13. The highest BCUT2D eigenvalue weighted by atomic mass is 16.3. The van der Waals surface area contributed by atoms with Gasteiger partial charge >= 0.3 is 0 Å². The summed E-state index contributed by atoms with van der Waals surface area (Å²) >= 11 is 0. The zero-order valence-corrected chi connectivity index (χ0v) is 15.2. The van der Waals surface area contributed by atoms with Gasteiger partial charge in [0.05, 0.1) is 5.56 Å². The van der Waals surface area contributed by atoms with Gasteiger partial charge in [-0.25, -0.2) is 0 Å². The van der Waals surface area contributed by atoms with Crippen molar-refractivity contribution in [2.75, 3.05) is 0 Å². The van der Waals surface area contributed by atoms with Crippen molar-refractivity contribution < 1.29 is 10.2 Å². The molecule has 0 amide bonds. The third-order valence-corrected chi connectivity index (χ3v) is 4.70. The molecular weight excluding hydrogens is 344 g/mol. The summed E-state index contributed by atoms with van der Waals surface area (Å²) in [5, 5.41) is 20.9. The van der Waals surface area contributed by atoms with Gasteiger partial charge in [0.25, 0.3) is 11.1 Å². The smallest absolute Gasteiger partial charge is 0.255 e. The number of pyridine rings is 2.